The number of methoxy groups -OCH3 is 1. The number of aromatic nitrogens is 3. The molecular formula is C32H25F4N5O5. The van der Waals surface area contributed by atoms with Crippen LogP contribution in [-0.2, 0) is 5.54 Å². The Labute approximate surface area is 258 Å². The molecule has 3 heterocycles. The number of pyridine rings is 1. The molecule has 0 spiro atoms. The van der Waals surface area contributed by atoms with Crippen LogP contribution in [0.3, 0.4) is 0 Å². The van der Waals surface area contributed by atoms with Gasteiger partial charge in [-0.1, -0.05) is 0 Å². The summed E-state index contributed by atoms with van der Waals surface area (Å²) in [6.45, 7) is -1.63. The number of amides is 2. The molecule has 2 N–H and O–H groups in total. The quantitative estimate of drug-likeness (QED) is 0.194. The van der Waals surface area contributed by atoms with Gasteiger partial charge in [0.2, 0.25) is 5.88 Å². The fraction of sp³-hybridized carbons (Fsp3) is 0.219. The lowest BCUT2D eigenvalue weighted by Gasteiger charge is -2.18. The van der Waals surface area contributed by atoms with Crippen molar-refractivity contribution in [3.05, 3.63) is 89.9 Å². The lowest BCUT2D eigenvalue weighted by Crippen LogP contribution is -2.36. The standard InChI is InChI=1S/C32H25F4N5O5/c1-37-28(43)25-21-13-20(23(45-16-32(34,35)36)14-24(21)46-26(25)17-4-6-19(33)7-5-17)18-12-22(29(44-2)40-15-18)27(42)41-31(8-9-31)30-38-10-3-11-39-30/h3-7,10-15H,8-9,16H2,1-2H3,(H,37,43)(H,41,42). The average molecular weight is 636 g/mol. The first kappa shape index (κ1) is 30.5. The first-order chi connectivity index (χ1) is 22.0. The van der Waals surface area contributed by atoms with Gasteiger partial charge in [-0.25, -0.2) is 19.3 Å². The van der Waals surface area contributed by atoms with E-state index in [1.807, 2.05) is 0 Å². The Balaban J connectivity index is 1.49. The van der Waals surface area contributed by atoms with Crippen LogP contribution in [0, 0.1) is 5.82 Å². The van der Waals surface area contributed by atoms with Gasteiger partial charge in [0.15, 0.2) is 12.4 Å². The van der Waals surface area contributed by atoms with Gasteiger partial charge in [0.05, 0.1) is 12.7 Å². The largest absolute Gasteiger partial charge is 0.483 e. The van der Waals surface area contributed by atoms with Crippen LogP contribution < -0.4 is 20.1 Å². The van der Waals surface area contributed by atoms with Crippen molar-refractivity contribution in [3.8, 4) is 34.1 Å². The topological polar surface area (TPSA) is 128 Å². The highest BCUT2D eigenvalue weighted by molar-refractivity contribution is 6.12. The SMILES string of the molecule is CNC(=O)c1c(-c2ccc(F)cc2)oc2cc(OCC(F)(F)F)c(-c3cnc(OC)c(C(=O)NC4(c5ncccn5)CC4)c3)cc12. The molecule has 46 heavy (non-hydrogen) atoms. The number of alkyl halides is 3. The van der Waals surface area contributed by atoms with Crippen LogP contribution in [0.1, 0.15) is 39.4 Å². The number of carbonyl (C=O) groups is 2. The number of carbonyl (C=O) groups excluding carboxylic acids is 2. The number of halogens is 4. The normalized spacial score (nSPS) is 13.7. The summed E-state index contributed by atoms with van der Waals surface area (Å²) in [4.78, 5) is 39.5. The van der Waals surface area contributed by atoms with E-state index in [2.05, 4.69) is 25.6 Å². The summed E-state index contributed by atoms with van der Waals surface area (Å²) < 4.78 is 70.1. The highest BCUT2D eigenvalue weighted by Gasteiger charge is 2.48. The van der Waals surface area contributed by atoms with E-state index < -0.39 is 36.0 Å². The van der Waals surface area contributed by atoms with Gasteiger partial charge in [-0.15, -0.1) is 0 Å². The Morgan fingerprint density at radius 1 is 1.00 bits per heavy atom. The number of nitrogens with one attached hydrogen (secondary N) is 2. The molecule has 1 aliphatic rings. The summed E-state index contributed by atoms with van der Waals surface area (Å²) in [5.41, 5.74) is -0.0486. The second-order valence-corrected chi connectivity index (χ2v) is 10.5. The minimum atomic E-state index is -4.68. The first-order valence-electron chi connectivity index (χ1n) is 13.9. The van der Waals surface area contributed by atoms with Crippen LogP contribution in [-0.4, -0.2) is 53.7 Å². The fourth-order valence-electron chi connectivity index (χ4n) is 5.07. The number of hydrogen-bond donors (Lipinski definition) is 2. The highest BCUT2D eigenvalue weighted by Crippen LogP contribution is 2.45. The van der Waals surface area contributed by atoms with Crippen molar-refractivity contribution in [1.29, 1.82) is 0 Å². The molecule has 2 amide bonds. The molecule has 14 heteroatoms. The van der Waals surface area contributed by atoms with Gasteiger partial charge < -0.3 is 24.5 Å². The molecule has 0 saturated heterocycles. The lowest BCUT2D eigenvalue weighted by atomic mass is 9.99. The van der Waals surface area contributed by atoms with Crippen molar-refractivity contribution in [2.75, 3.05) is 20.8 Å². The van der Waals surface area contributed by atoms with Crippen LogP contribution in [0.5, 0.6) is 11.6 Å². The Bertz CT molecular complexity index is 1940. The third kappa shape index (κ3) is 5.93. The molecule has 0 atom stereocenters. The van der Waals surface area contributed by atoms with E-state index in [9.17, 15) is 27.2 Å². The summed E-state index contributed by atoms with van der Waals surface area (Å²) in [5.74, 6) is -1.40. The molecule has 10 nitrogen and oxygen atoms in total. The molecule has 1 saturated carbocycles. The van der Waals surface area contributed by atoms with E-state index in [0.29, 0.717) is 24.2 Å². The molecule has 0 aliphatic heterocycles. The monoisotopic (exact) mass is 635 g/mol. The third-order valence-electron chi connectivity index (χ3n) is 7.44. The molecule has 5 aromatic rings. The van der Waals surface area contributed by atoms with Crippen molar-refractivity contribution in [2.24, 2.45) is 0 Å². The highest BCUT2D eigenvalue weighted by atomic mass is 19.4. The zero-order valence-electron chi connectivity index (χ0n) is 24.4. The maximum Gasteiger partial charge on any atom is 0.422 e. The molecule has 0 bridgehead atoms. The number of nitrogens with zero attached hydrogens (tertiary/aromatic N) is 3. The van der Waals surface area contributed by atoms with Gasteiger partial charge in [-0.3, -0.25) is 9.59 Å². The Morgan fingerprint density at radius 3 is 2.35 bits per heavy atom. The summed E-state index contributed by atoms with van der Waals surface area (Å²) in [7, 11) is 2.73. The molecule has 3 aromatic heterocycles. The van der Waals surface area contributed by atoms with E-state index in [1.165, 1.54) is 62.8 Å². The van der Waals surface area contributed by atoms with Crippen molar-refractivity contribution in [3.63, 3.8) is 0 Å². The molecule has 1 fully saturated rings. The van der Waals surface area contributed by atoms with E-state index in [4.69, 9.17) is 13.9 Å². The molecule has 6 rings (SSSR count). The average Bonchev–Trinajstić information content (AvgIpc) is 3.74. The summed E-state index contributed by atoms with van der Waals surface area (Å²) >= 11 is 0. The number of ether oxygens (including phenoxy) is 2. The molecule has 236 valence electrons. The minimum Gasteiger partial charge on any atom is -0.483 e. The maximum absolute atomic E-state index is 13.7. The summed E-state index contributed by atoms with van der Waals surface area (Å²) in [5, 5.41) is 5.71. The van der Waals surface area contributed by atoms with Crippen LogP contribution in [0.2, 0.25) is 0 Å². The van der Waals surface area contributed by atoms with E-state index in [0.717, 1.165) is 0 Å². The number of furan rings is 1. The van der Waals surface area contributed by atoms with Crippen LogP contribution in [0.4, 0.5) is 17.6 Å². The lowest BCUT2D eigenvalue weighted by molar-refractivity contribution is -0.153. The number of fused-ring (bicyclic) bond motifs is 1. The summed E-state index contributed by atoms with van der Waals surface area (Å²) in [6, 6.07) is 10.9. The molecular weight excluding hydrogens is 610 g/mol. The van der Waals surface area contributed by atoms with Gasteiger partial charge in [0.25, 0.3) is 11.8 Å². The predicted molar refractivity (Wildman–Crippen MR) is 157 cm³/mol. The van der Waals surface area contributed by atoms with Crippen molar-refractivity contribution in [1.82, 2.24) is 25.6 Å². The summed E-state index contributed by atoms with van der Waals surface area (Å²) in [6.07, 6.45) is 0.974. The van der Waals surface area contributed by atoms with Crippen LogP contribution >= 0.6 is 0 Å². The minimum absolute atomic E-state index is 0.00482. The van der Waals surface area contributed by atoms with Gasteiger partial charge in [-0.05, 0) is 55.3 Å². The molecule has 2 aromatic carbocycles. The van der Waals surface area contributed by atoms with Crippen molar-refractivity contribution >= 4 is 22.8 Å². The van der Waals surface area contributed by atoms with Crippen LogP contribution in [0.25, 0.3) is 33.4 Å². The number of rotatable bonds is 9. The van der Waals surface area contributed by atoms with Gasteiger partial charge >= 0.3 is 6.18 Å². The smallest absolute Gasteiger partial charge is 0.422 e. The van der Waals surface area contributed by atoms with E-state index in [1.54, 1.807) is 18.5 Å². The van der Waals surface area contributed by atoms with Crippen molar-refractivity contribution in [2.45, 2.75) is 24.6 Å². The van der Waals surface area contributed by atoms with E-state index in [-0.39, 0.29) is 50.6 Å². The number of benzene rings is 2. The third-order valence-corrected chi connectivity index (χ3v) is 7.44. The van der Waals surface area contributed by atoms with Gasteiger partial charge in [0, 0.05) is 53.8 Å². The van der Waals surface area contributed by atoms with Gasteiger partial charge in [0.1, 0.15) is 34.0 Å². The zero-order chi connectivity index (χ0) is 32.6. The molecule has 0 unspecified atom stereocenters. The first-order valence-corrected chi connectivity index (χ1v) is 13.9. The van der Waals surface area contributed by atoms with Crippen molar-refractivity contribution < 1.29 is 41.0 Å². The second kappa shape index (κ2) is 11.8. The second-order valence-electron chi connectivity index (χ2n) is 10.5. The Hall–Kier alpha value is -5.53. The Morgan fingerprint density at radius 2 is 1.72 bits per heavy atom. The van der Waals surface area contributed by atoms with Gasteiger partial charge in [-0.2, -0.15) is 13.2 Å². The molecule has 1 aliphatic carbocycles. The fourth-order valence-corrected chi connectivity index (χ4v) is 5.07. The zero-order valence-corrected chi connectivity index (χ0v) is 24.4. The Kier molecular flexibility index (Phi) is 7.80. The maximum atomic E-state index is 13.7. The number of hydrogen-bond acceptors (Lipinski definition) is 8. The van der Waals surface area contributed by atoms with Crippen LogP contribution in [0.15, 0.2) is 71.5 Å². The predicted octanol–water partition coefficient (Wildman–Crippen LogP) is 5.82. The van der Waals surface area contributed by atoms with E-state index >= 15 is 0 Å². The molecule has 0 radical (unpaired) electrons.